The van der Waals surface area contributed by atoms with Gasteiger partial charge in [0.05, 0.1) is 17.5 Å². The van der Waals surface area contributed by atoms with E-state index in [4.69, 9.17) is 4.42 Å². The first-order valence-corrected chi connectivity index (χ1v) is 9.28. The summed E-state index contributed by atoms with van der Waals surface area (Å²) in [5.41, 5.74) is 0.957. The van der Waals surface area contributed by atoms with Crippen molar-refractivity contribution in [2.75, 3.05) is 10.6 Å². The lowest BCUT2D eigenvalue weighted by molar-refractivity contribution is -0.141. The minimum absolute atomic E-state index is 0.296. The molecule has 0 spiro atoms. The van der Waals surface area contributed by atoms with Crippen molar-refractivity contribution in [3.05, 3.63) is 96.2 Å². The van der Waals surface area contributed by atoms with Crippen molar-refractivity contribution in [2.24, 2.45) is 0 Å². The standard InChI is InChI=1S/C22H15F3N4O3/c23-22(24,25)19-8-10-29(28-19)18-6-4-14(5-7-18)20(30)26-16-2-1-3-17(12-16)27-21(31)15-9-11-32-13-15/h1-13H,(H,26,30)(H,27,31). The van der Waals surface area contributed by atoms with Crippen LogP contribution >= 0.6 is 0 Å². The molecule has 0 bridgehead atoms. The summed E-state index contributed by atoms with van der Waals surface area (Å²) in [6.07, 6.45) is -0.630. The summed E-state index contributed by atoms with van der Waals surface area (Å²) in [5, 5.41) is 8.90. The molecule has 0 fully saturated rings. The second-order valence-electron chi connectivity index (χ2n) is 6.69. The molecular weight excluding hydrogens is 425 g/mol. The summed E-state index contributed by atoms with van der Waals surface area (Å²) in [6, 6.07) is 14.9. The Labute approximate surface area is 179 Å². The molecule has 0 atom stereocenters. The number of amides is 2. The van der Waals surface area contributed by atoms with Crippen molar-refractivity contribution in [2.45, 2.75) is 6.18 Å². The van der Waals surface area contributed by atoms with Crippen molar-refractivity contribution in [3.63, 3.8) is 0 Å². The molecule has 0 radical (unpaired) electrons. The molecule has 7 nitrogen and oxygen atoms in total. The number of carbonyl (C=O) groups is 2. The SMILES string of the molecule is O=C(Nc1cccc(NC(=O)c2ccoc2)c1)c1ccc(-n2ccc(C(F)(F)F)n2)cc1. The molecule has 162 valence electrons. The molecule has 0 aliphatic carbocycles. The zero-order valence-corrected chi connectivity index (χ0v) is 16.3. The summed E-state index contributed by atoms with van der Waals surface area (Å²) in [6.45, 7) is 0. The van der Waals surface area contributed by atoms with Gasteiger partial charge in [-0.3, -0.25) is 9.59 Å². The van der Waals surface area contributed by atoms with Gasteiger partial charge in [-0.1, -0.05) is 6.07 Å². The predicted molar refractivity (Wildman–Crippen MR) is 110 cm³/mol. The minimum atomic E-state index is -4.53. The van der Waals surface area contributed by atoms with Crippen molar-refractivity contribution >= 4 is 23.2 Å². The van der Waals surface area contributed by atoms with E-state index in [1.165, 1.54) is 49.1 Å². The third kappa shape index (κ3) is 4.69. The van der Waals surface area contributed by atoms with Crippen LogP contribution in [0.3, 0.4) is 0 Å². The molecule has 4 aromatic rings. The van der Waals surface area contributed by atoms with Gasteiger partial charge < -0.3 is 15.1 Å². The van der Waals surface area contributed by atoms with Crippen LogP contribution in [0.5, 0.6) is 0 Å². The van der Waals surface area contributed by atoms with E-state index < -0.39 is 17.8 Å². The van der Waals surface area contributed by atoms with Crippen LogP contribution in [0.15, 0.2) is 83.8 Å². The number of nitrogens with zero attached hydrogens (tertiary/aromatic N) is 2. The van der Waals surface area contributed by atoms with Gasteiger partial charge in [0.15, 0.2) is 5.69 Å². The molecule has 0 unspecified atom stereocenters. The minimum Gasteiger partial charge on any atom is -0.472 e. The van der Waals surface area contributed by atoms with Gasteiger partial charge in [-0.05, 0) is 54.6 Å². The maximum atomic E-state index is 12.7. The lowest BCUT2D eigenvalue weighted by Gasteiger charge is -2.09. The molecule has 0 aliphatic rings. The number of anilines is 2. The summed E-state index contributed by atoms with van der Waals surface area (Å²) in [5.74, 6) is -0.781. The Bertz CT molecular complexity index is 1250. The second-order valence-corrected chi connectivity index (χ2v) is 6.69. The van der Waals surface area contributed by atoms with Crippen molar-refractivity contribution in [1.29, 1.82) is 0 Å². The highest BCUT2D eigenvalue weighted by Gasteiger charge is 2.33. The maximum absolute atomic E-state index is 12.7. The van der Waals surface area contributed by atoms with E-state index in [-0.39, 0.29) is 5.91 Å². The second kappa shape index (κ2) is 8.42. The number of aromatic nitrogens is 2. The number of carbonyl (C=O) groups excluding carboxylic acids is 2. The number of alkyl halides is 3. The Morgan fingerprint density at radius 2 is 1.53 bits per heavy atom. The fourth-order valence-electron chi connectivity index (χ4n) is 2.86. The first kappa shape index (κ1) is 20.9. The van der Waals surface area contributed by atoms with Gasteiger partial charge in [-0.25, -0.2) is 4.68 Å². The van der Waals surface area contributed by atoms with E-state index >= 15 is 0 Å². The average molecular weight is 440 g/mol. The van der Waals surface area contributed by atoms with E-state index in [0.29, 0.717) is 28.2 Å². The van der Waals surface area contributed by atoms with Crippen molar-refractivity contribution < 1.29 is 27.2 Å². The number of furan rings is 1. The molecule has 0 saturated heterocycles. The molecule has 10 heteroatoms. The van der Waals surface area contributed by atoms with Gasteiger partial charge in [0.2, 0.25) is 0 Å². The number of hydrogen-bond donors (Lipinski definition) is 2. The molecule has 32 heavy (non-hydrogen) atoms. The molecule has 2 N–H and O–H groups in total. The van der Waals surface area contributed by atoms with Gasteiger partial charge in [0.1, 0.15) is 6.26 Å². The molecule has 0 aliphatic heterocycles. The Morgan fingerprint density at radius 3 is 2.09 bits per heavy atom. The van der Waals surface area contributed by atoms with Gasteiger partial charge >= 0.3 is 6.18 Å². The number of hydrogen-bond acceptors (Lipinski definition) is 4. The molecule has 0 saturated carbocycles. The quantitative estimate of drug-likeness (QED) is 0.458. The Morgan fingerprint density at radius 1 is 0.875 bits per heavy atom. The normalized spacial score (nSPS) is 11.2. The van der Waals surface area contributed by atoms with Crippen LogP contribution in [-0.4, -0.2) is 21.6 Å². The smallest absolute Gasteiger partial charge is 0.435 e. The molecule has 4 rings (SSSR count). The molecule has 2 amide bonds. The maximum Gasteiger partial charge on any atom is 0.435 e. The Hall–Kier alpha value is -4.34. The third-order valence-electron chi connectivity index (χ3n) is 4.44. The fraction of sp³-hybridized carbons (Fsp3) is 0.0455. The highest BCUT2D eigenvalue weighted by Crippen LogP contribution is 2.28. The lowest BCUT2D eigenvalue weighted by Crippen LogP contribution is -2.13. The van der Waals surface area contributed by atoms with Crippen molar-refractivity contribution in [1.82, 2.24) is 9.78 Å². The summed E-state index contributed by atoms with van der Waals surface area (Å²) in [4.78, 5) is 24.6. The monoisotopic (exact) mass is 440 g/mol. The number of halogens is 3. The molecule has 2 aromatic heterocycles. The number of rotatable bonds is 5. The van der Waals surface area contributed by atoms with Crippen LogP contribution in [0, 0.1) is 0 Å². The lowest BCUT2D eigenvalue weighted by atomic mass is 10.2. The number of benzene rings is 2. The van der Waals surface area contributed by atoms with E-state index in [9.17, 15) is 22.8 Å². The topological polar surface area (TPSA) is 89.2 Å². The van der Waals surface area contributed by atoms with E-state index in [1.54, 1.807) is 24.3 Å². The van der Waals surface area contributed by atoms with Crippen LogP contribution in [0.4, 0.5) is 24.5 Å². The van der Waals surface area contributed by atoms with Gasteiger partial charge in [-0.15, -0.1) is 0 Å². The van der Waals surface area contributed by atoms with E-state index in [1.807, 2.05) is 0 Å². The zero-order chi connectivity index (χ0) is 22.7. The van der Waals surface area contributed by atoms with Gasteiger partial charge in [0.25, 0.3) is 11.8 Å². The fourth-order valence-corrected chi connectivity index (χ4v) is 2.86. The van der Waals surface area contributed by atoms with Crippen LogP contribution in [0.25, 0.3) is 5.69 Å². The third-order valence-corrected chi connectivity index (χ3v) is 4.44. The summed E-state index contributed by atoms with van der Waals surface area (Å²) in [7, 11) is 0. The van der Waals surface area contributed by atoms with Crippen LogP contribution < -0.4 is 10.6 Å². The van der Waals surface area contributed by atoms with Gasteiger partial charge in [-0.2, -0.15) is 18.3 Å². The average Bonchev–Trinajstić information content (AvgIpc) is 3.46. The highest BCUT2D eigenvalue weighted by molar-refractivity contribution is 6.06. The Kier molecular flexibility index (Phi) is 5.50. The van der Waals surface area contributed by atoms with Crippen LogP contribution in [0.2, 0.25) is 0 Å². The molecule has 2 aromatic carbocycles. The highest BCUT2D eigenvalue weighted by atomic mass is 19.4. The van der Waals surface area contributed by atoms with Gasteiger partial charge in [0, 0.05) is 23.1 Å². The first-order chi connectivity index (χ1) is 15.3. The summed E-state index contributed by atoms with van der Waals surface area (Å²) < 4.78 is 44.1. The Balaban J connectivity index is 1.43. The van der Waals surface area contributed by atoms with E-state index in [2.05, 4.69) is 15.7 Å². The number of nitrogens with one attached hydrogen (secondary N) is 2. The van der Waals surface area contributed by atoms with E-state index in [0.717, 1.165) is 10.7 Å². The summed E-state index contributed by atoms with van der Waals surface area (Å²) >= 11 is 0. The predicted octanol–water partition coefficient (Wildman–Crippen LogP) is 4.99. The largest absolute Gasteiger partial charge is 0.472 e. The van der Waals surface area contributed by atoms with Crippen molar-refractivity contribution in [3.8, 4) is 5.69 Å². The van der Waals surface area contributed by atoms with Crippen LogP contribution in [0.1, 0.15) is 26.4 Å². The first-order valence-electron chi connectivity index (χ1n) is 9.28. The molecule has 2 heterocycles. The molecular formula is C22H15F3N4O3. The zero-order valence-electron chi connectivity index (χ0n) is 16.3. The van der Waals surface area contributed by atoms with Crippen LogP contribution in [-0.2, 0) is 6.18 Å².